The summed E-state index contributed by atoms with van der Waals surface area (Å²) in [7, 11) is -2.84. The molecule has 1 aromatic rings. The first-order valence-electron chi connectivity index (χ1n) is 7.85. The first kappa shape index (κ1) is 21.5. The van der Waals surface area contributed by atoms with E-state index < -0.39 is 44.6 Å². The monoisotopic (exact) mass is 467 g/mol. The third kappa shape index (κ3) is 3.79. The van der Waals surface area contributed by atoms with Crippen molar-refractivity contribution < 1.29 is 27.1 Å². The van der Waals surface area contributed by atoms with E-state index in [4.69, 9.17) is 5.11 Å². The molecule has 11 heteroatoms. The molecule has 150 valence electrons. The van der Waals surface area contributed by atoms with E-state index in [9.17, 15) is 22.0 Å². The van der Waals surface area contributed by atoms with Crippen LogP contribution in [0.2, 0.25) is 0 Å². The van der Waals surface area contributed by atoms with Crippen molar-refractivity contribution in [3.63, 3.8) is 0 Å². The molecule has 1 N–H and O–H groups in total. The van der Waals surface area contributed by atoms with Gasteiger partial charge in [-0.3, -0.25) is 0 Å². The Hall–Kier alpha value is -1.75. The van der Waals surface area contributed by atoms with Crippen LogP contribution in [-0.2, 0) is 15.6 Å². The van der Waals surface area contributed by atoms with Crippen LogP contribution in [0, 0.1) is 11.6 Å². The fourth-order valence-corrected chi connectivity index (χ4v) is 5.29. The van der Waals surface area contributed by atoms with Gasteiger partial charge in [-0.2, -0.15) is 0 Å². The van der Waals surface area contributed by atoms with E-state index in [2.05, 4.69) is 20.9 Å². The van der Waals surface area contributed by atoms with E-state index in [1.165, 1.54) is 24.9 Å². The van der Waals surface area contributed by atoms with Gasteiger partial charge in [-0.25, -0.2) is 26.3 Å². The Labute approximate surface area is 164 Å². The van der Waals surface area contributed by atoms with Gasteiger partial charge in [-0.15, -0.1) is 4.99 Å². The van der Waals surface area contributed by atoms with Gasteiger partial charge in [0.1, 0.15) is 11.6 Å². The second kappa shape index (κ2) is 6.69. The summed E-state index contributed by atoms with van der Waals surface area (Å²) in [4.78, 5) is 16.1. The Morgan fingerprint density at radius 1 is 1.30 bits per heavy atom. The molecule has 1 aromatic carbocycles. The van der Waals surface area contributed by atoms with Crippen LogP contribution in [0.1, 0.15) is 33.3 Å². The Kier molecular flexibility index (Phi) is 5.34. The average molecular weight is 468 g/mol. The Morgan fingerprint density at radius 2 is 1.85 bits per heavy atom. The number of benzene rings is 1. The van der Waals surface area contributed by atoms with Crippen LogP contribution in [0.4, 0.5) is 13.6 Å². The molecule has 1 saturated heterocycles. The highest BCUT2D eigenvalue weighted by Gasteiger charge is 2.53. The Balaban J connectivity index is 2.90. The van der Waals surface area contributed by atoms with Crippen LogP contribution in [-0.4, -0.2) is 53.1 Å². The molecule has 0 saturated carbocycles. The molecule has 7 nitrogen and oxygen atoms in total. The van der Waals surface area contributed by atoms with E-state index in [1.807, 2.05) is 0 Å². The number of aliphatic imine (C=N–C) groups is 1. The summed E-state index contributed by atoms with van der Waals surface area (Å²) in [5.41, 5.74) is -2.49. The number of carbonyl (C=O) groups is 1. The van der Waals surface area contributed by atoms with E-state index in [1.54, 1.807) is 20.8 Å². The van der Waals surface area contributed by atoms with Crippen molar-refractivity contribution in [3.05, 3.63) is 33.8 Å². The number of sulfonamides is 1. The maximum absolute atomic E-state index is 14.7. The van der Waals surface area contributed by atoms with Gasteiger partial charge in [0, 0.05) is 24.2 Å². The fourth-order valence-electron chi connectivity index (χ4n) is 3.38. The molecule has 1 fully saturated rings. The first-order chi connectivity index (χ1) is 12.1. The van der Waals surface area contributed by atoms with Crippen molar-refractivity contribution in [1.82, 2.24) is 9.21 Å². The lowest BCUT2D eigenvalue weighted by Crippen LogP contribution is -2.68. The standard InChI is InChI=1S/C16H20BrF2N3O4S/c1-15(2,3)22-13(20-14(23)24)21(5)27(25,26)8-16(22,4)9-6-10(17)12(19)7-11(9)18/h6-7H,8H2,1-5H3,(H,23,24)/t16-/m0/s1. The predicted molar refractivity (Wildman–Crippen MR) is 100 cm³/mol. The molecule has 1 aliphatic heterocycles. The quantitative estimate of drug-likeness (QED) is 0.639. The molecular formula is C16H20BrF2N3O4S. The Morgan fingerprint density at radius 3 is 2.33 bits per heavy atom. The summed E-state index contributed by atoms with van der Waals surface area (Å²) in [6.07, 6.45) is -1.59. The van der Waals surface area contributed by atoms with Crippen LogP contribution in [0.5, 0.6) is 0 Å². The molecule has 0 radical (unpaired) electrons. The zero-order valence-corrected chi connectivity index (χ0v) is 17.8. The van der Waals surface area contributed by atoms with E-state index >= 15 is 0 Å². The second-order valence-electron chi connectivity index (χ2n) is 7.44. The van der Waals surface area contributed by atoms with Crippen molar-refractivity contribution in [3.8, 4) is 0 Å². The summed E-state index contributed by atoms with van der Waals surface area (Å²) in [6, 6.07) is 1.83. The number of hydrogen-bond donors (Lipinski definition) is 1. The number of amides is 1. The van der Waals surface area contributed by atoms with Crippen molar-refractivity contribution in [2.45, 2.75) is 38.8 Å². The van der Waals surface area contributed by atoms with Crippen molar-refractivity contribution >= 4 is 38.0 Å². The van der Waals surface area contributed by atoms with Crippen molar-refractivity contribution in [1.29, 1.82) is 0 Å². The number of halogens is 3. The van der Waals surface area contributed by atoms with Crippen molar-refractivity contribution in [2.24, 2.45) is 4.99 Å². The van der Waals surface area contributed by atoms with Gasteiger partial charge in [0.2, 0.25) is 16.0 Å². The average Bonchev–Trinajstić information content (AvgIpc) is 2.45. The molecule has 2 rings (SSSR count). The molecule has 0 bridgehead atoms. The lowest BCUT2D eigenvalue weighted by atomic mass is 9.87. The van der Waals surface area contributed by atoms with Gasteiger partial charge in [0.25, 0.3) is 0 Å². The highest BCUT2D eigenvalue weighted by molar-refractivity contribution is 9.10. The molecule has 0 spiro atoms. The smallest absolute Gasteiger partial charge is 0.434 e. The molecular weight excluding hydrogens is 448 g/mol. The lowest BCUT2D eigenvalue weighted by Gasteiger charge is -2.55. The number of nitrogens with zero attached hydrogens (tertiary/aromatic N) is 3. The summed E-state index contributed by atoms with van der Waals surface area (Å²) in [5, 5.41) is 9.15. The van der Waals surface area contributed by atoms with Crippen LogP contribution in [0.15, 0.2) is 21.6 Å². The van der Waals surface area contributed by atoms with Crippen LogP contribution >= 0.6 is 15.9 Å². The summed E-state index contributed by atoms with van der Waals surface area (Å²) < 4.78 is 54.6. The number of guanidine groups is 1. The minimum absolute atomic E-state index is 0.0398. The Bertz CT molecular complexity index is 930. The van der Waals surface area contributed by atoms with Gasteiger partial charge in [0.05, 0.1) is 15.8 Å². The van der Waals surface area contributed by atoms with Crippen LogP contribution in [0.3, 0.4) is 0 Å². The molecule has 1 heterocycles. The van der Waals surface area contributed by atoms with E-state index in [0.717, 1.165) is 4.31 Å². The lowest BCUT2D eigenvalue weighted by molar-refractivity contribution is 0.0874. The van der Waals surface area contributed by atoms with Gasteiger partial charge < -0.3 is 10.0 Å². The molecule has 0 aromatic heterocycles. The second-order valence-corrected chi connectivity index (χ2v) is 10.3. The highest BCUT2D eigenvalue weighted by atomic mass is 79.9. The highest BCUT2D eigenvalue weighted by Crippen LogP contribution is 2.42. The molecule has 0 unspecified atom stereocenters. The van der Waals surface area contributed by atoms with E-state index in [0.29, 0.717) is 6.07 Å². The molecule has 1 aliphatic rings. The topological polar surface area (TPSA) is 90.3 Å². The molecule has 0 aliphatic carbocycles. The van der Waals surface area contributed by atoms with Gasteiger partial charge in [0.15, 0.2) is 0 Å². The zero-order chi connectivity index (χ0) is 20.9. The molecule has 27 heavy (non-hydrogen) atoms. The molecule has 1 amide bonds. The summed E-state index contributed by atoms with van der Waals surface area (Å²) >= 11 is 2.99. The normalized spacial score (nSPS) is 24.4. The first-order valence-corrected chi connectivity index (χ1v) is 10.2. The van der Waals surface area contributed by atoms with Gasteiger partial charge in [-0.1, -0.05) is 0 Å². The number of hydrogen-bond acceptors (Lipinski definition) is 3. The molecule has 1 atom stereocenters. The number of rotatable bonds is 1. The number of carboxylic acid groups (broad SMARTS) is 1. The largest absolute Gasteiger partial charge is 0.463 e. The maximum atomic E-state index is 14.7. The van der Waals surface area contributed by atoms with Gasteiger partial charge in [-0.05, 0) is 49.7 Å². The summed E-state index contributed by atoms with van der Waals surface area (Å²) in [5.74, 6) is -2.69. The SMILES string of the molecule is CN1C(=NC(=O)O)N(C(C)(C)C)[C@](C)(c2cc(Br)c(F)cc2F)CS1(=O)=O. The third-order valence-corrected chi connectivity index (χ3v) is 6.84. The van der Waals surface area contributed by atoms with E-state index in [-0.39, 0.29) is 16.0 Å². The van der Waals surface area contributed by atoms with Crippen LogP contribution in [0.25, 0.3) is 0 Å². The predicted octanol–water partition coefficient (Wildman–Crippen LogP) is 3.35. The minimum atomic E-state index is -4.02. The zero-order valence-electron chi connectivity index (χ0n) is 15.4. The summed E-state index contributed by atoms with van der Waals surface area (Å²) in [6.45, 7) is 6.60. The van der Waals surface area contributed by atoms with Crippen LogP contribution < -0.4 is 0 Å². The minimum Gasteiger partial charge on any atom is -0.463 e. The third-order valence-electron chi connectivity index (χ3n) is 4.31. The van der Waals surface area contributed by atoms with Crippen molar-refractivity contribution in [2.75, 3.05) is 12.8 Å². The van der Waals surface area contributed by atoms with Gasteiger partial charge >= 0.3 is 6.09 Å². The maximum Gasteiger partial charge on any atom is 0.434 e. The fraction of sp³-hybridized carbons (Fsp3) is 0.500.